The van der Waals surface area contributed by atoms with Crippen molar-refractivity contribution in [1.29, 1.82) is 0 Å². The van der Waals surface area contributed by atoms with Gasteiger partial charge in [-0.1, -0.05) is 12.1 Å². The average molecular weight is 335 g/mol. The van der Waals surface area contributed by atoms with Gasteiger partial charge in [-0.2, -0.15) is 5.10 Å². The van der Waals surface area contributed by atoms with E-state index in [4.69, 9.17) is 14.9 Å². The van der Waals surface area contributed by atoms with Gasteiger partial charge in [0.1, 0.15) is 17.3 Å². The number of hydrogen-bond acceptors (Lipinski definition) is 4. The van der Waals surface area contributed by atoms with E-state index in [1.54, 1.807) is 31.4 Å². The van der Waals surface area contributed by atoms with Gasteiger partial charge >= 0.3 is 5.97 Å². The summed E-state index contributed by atoms with van der Waals surface area (Å²) in [5.74, 6) is 0.789. The van der Waals surface area contributed by atoms with E-state index in [-0.39, 0.29) is 5.56 Å². The molecular weight excluding hydrogens is 318 g/mol. The number of carbonyl (C=O) groups is 1. The van der Waals surface area contributed by atoms with Crippen LogP contribution in [0.4, 0.5) is 5.82 Å². The zero-order valence-electron chi connectivity index (χ0n) is 13.7. The molecule has 6 heteroatoms. The van der Waals surface area contributed by atoms with Crippen LogP contribution in [0.1, 0.15) is 15.9 Å². The topological polar surface area (TPSA) is 76.4 Å². The molecular formula is C19H17N3O3. The van der Waals surface area contributed by atoms with Gasteiger partial charge in [0.15, 0.2) is 0 Å². The zero-order valence-corrected chi connectivity index (χ0v) is 13.7. The van der Waals surface area contributed by atoms with Crippen molar-refractivity contribution >= 4 is 11.8 Å². The Morgan fingerprint density at radius 3 is 2.68 bits per heavy atom. The van der Waals surface area contributed by atoms with Gasteiger partial charge in [0.25, 0.3) is 0 Å². The quantitative estimate of drug-likeness (QED) is 0.765. The number of aromatic carboxylic acids is 1. The Hall–Kier alpha value is -3.28. The van der Waals surface area contributed by atoms with Gasteiger partial charge in [-0.3, -0.25) is 0 Å². The fraction of sp³-hybridized carbons (Fsp3) is 0.158. The number of nitrogens with one attached hydrogen (secondary N) is 1. The Morgan fingerprint density at radius 1 is 1.20 bits per heavy atom. The molecule has 2 aromatic carbocycles. The zero-order chi connectivity index (χ0) is 17.4. The van der Waals surface area contributed by atoms with Crippen molar-refractivity contribution in [2.45, 2.75) is 6.42 Å². The second-order valence-corrected chi connectivity index (χ2v) is 5.82. The van der Waals surface area contributed by atoms with Crippen LogP contribution in [0, 0.1) is 0 Å². The molecule has 25 heavy (non-hydrogen) atoms. The molecule has 1 aliphatic rings. The molecule has 3 aromatic rings. The fourth-order valence-corrected chi connectivity index (χ4v) is 3.16. The predicted molar refractivity (Wildman–Crippen MR) is 94.7 cm³/mol. The van der Waals surface area contributed by atoms with Crippen molar-refractivity contribution in [2.75, 3.05) is 19.0 Å². The second kappa shape index (κ2) is 5.98. The Morgan fingerprint density at radius 2 is 1.96 bits per heavy atom. The number of para-hydroxylation sites is 1. The first-order chi connectivity index (χ1) is 12.2. The predicted octanol–water partition coefficient (Wildman–Crippen LogP) is 3.21. The van der Waals surface area contributed by atoms with E-state index in [1.807, 2.05) is 28.9 Å². The summed E-state index contributed by atoms with van der Waals surface area (Å²) in [6, 6.07) is 14.5. The molecule has 0 amide bonds. The second-order valence-electron chi connectivity index (χ2n) is 5.82. The van der Waals surface area contributed by atoms with Gasteiger partial charge < -0.3 is 15.2 Å². The van der Waals surface area contributed by atoms with Crippen LogP contribution < -0.4 is 10.1 Å². The highest BCUT2D eigenvalue weighted by Gasteiger charge is 2.25. The Labute approximate surface area is 144 Å². The summed E-state index contributed by atoms with van der Waals surface area (Å²) < 4.78 is 7.31. The van der Waals surface area contributed by atoms with Crippen molar-refractivity contribution in [3.8, 4) is 22.7 Å². The number of ether oxygens (including phenoxy) is 1. The molecule has 0 saturated carbocycles. The molecule has 2 heterocycles. The van der Waals surface area contributed by atoms with Crippen LogP contribution in [0.3, 0.4) is 0 Å². The normalized spacial score (nSPS) is 12.5. The van der Waals surface area contributed by atoms with Crippen LogP contribution in [-0.4, -0.2) is 34.5 Å². The minimum absolute atomic E-state index is 0.255. The van der Waals surface area contributed by atoms with Crippen LogP contribution in [0.2, 0.25) is 0 Å². The van der Waals surface area contributed by atoms with E-state index in [2.05, 4.69) is 5.32 Å². The molecule has 0 aliphatic carbocycles. The molecule has 0 atom stereocenters. The maximum Gasteiger partial charge on any atom is 0.335 e. The number of nitrogens with zero attached hydrogens (tertiary/aromatic N) is 2. The number of aromatic nitrogens is 2. The minimum atomic E-state index is -0.940. The van der Waals surface area contributed by atoms with E-state index < -0.39 is 5.97 Å². The first kappa shape index (κ1) is 15.3. The summed E-state index contributed by atoms with van der Waals surface area (Å²) in [5.41, 5.74) is 4.06. The van der Waals surface area contributed by atoms with Crippen LogP contribution in [0.25, 0.3) is 16.9 Å². The van der Waals surface area contributed by atoms with Crippen molar-refractivity contribution in [2.24, 2.45) is 0 Å². The number of anilines is 1. The number of fused-ring (bicyclic) bond motifs is 1. The number of carboxylic acids is 1. The maximum absolute atomic E-state index is 11.0. The number of carboxylic acid groups (broad SMARTS) is 1. The SMILES string of the molecule is COc1ccccc1-c1nn(-c2ccc(C(=O)O)cc2)c2c1CCN2. The summed E-state index contributed by atoms with van der Waals surface area (Å²) in [6.07, 6.45) is 0.885. The molecule has 1 aliphatic heterocycles. The summed E-state index contributed by atoms with van der Waals surface area (Å²) >= 11 is 0. The van der Waals surface area contributed by atoms with Crippen LogP contribution in [0.5, 0.6) is 5.75 Å². The number of benzene rings is 2. The van der Waals surface area contributed by atoms with E-state index >= 15 is 0 Å². The van der Waals surface area contributed by atoms with Crippen molar-refractivity contribution in [3.63, 3.8) is 0 Å². The average Bonchev–Trinajstić information content (AvgIpc) is 3.24. The fourth-order valence-electron chi connectivity index (χ4n) is 3.16. The highest BCUT2D eigenvalue weighted by molar-refractivity contribution is 5.87. The van der Waals surface area contributed by atoms with Crippen molar-refractivity contribution < 1.29 is 14.6 Å². The molecule has 0 radical (unpaired) electrons. The number of methoxy groups -OCH3 is 1. The third-order valence-corrected chi connectivity index (χ3v) is 4.37. The van der Waals surface area contributed by atoms with E-state index in [0.29, 0.717) is 0 Å². The molecule has 0 bridgehead atoms. The van der Waals surface area contributed by atoms with Gasteiger partial charge in [-0.05, 0) is 42.8 Å². The largest absolute Gasteiger partial charge is 0.496 e. The van der Waals surface area contributed by atoms with Gasteiger partial charge in [-0.15, -0.1) is 0 Å². The molecule has 0 spiro atoms. The van der Waals surface area contributed by atoms with E-state index in [1.165, 1.54) is 0 Å². The molecule has 4 rings (SSSR count). The smallest absolute Gasteiger partial charge is 0.335 e. The Balaban J connectivity index is 1.84. The molecule has 6 nitrogen and oxygen atoms in total. The molecule has 0 fully saturated rings. The lowest BCUT2D eigenvalue weighted by atomic mass is 10.1. The van der Waals surface area contributed by atoms with Gasteiger partial charge in [0.05, 0.1) is 18.4 Å². The van der Waals surface area contributed by atoms with E-state index in [0.717, 1.165) is 47.0 Å². The molecule has 0 unspecified atom stereocenters. The third kappa shape index (κ3) is 2.52. The molecule has 0 saturated heterocycles. The van der Waals surface area contributed by atoms with Gasteiger partial charge in [0.2, 0.25) is 0 Å². The van der Waals surface area contributed by atoms with Crippen LogP contribution in [0.15, 0.2) is 48.5 Å². The lowest BCUT2D eigenvalue weighted by Gasteiger charge is -2.08. The highest BCUT2D eigenvalue weighted by Crippen LogP contribution is 2.38. The van der Waals surface area contributed by atoms with Crippen LogP contribution >= 0.6 is 0 Å². The van der Waals surface area contributed by atoms with Gasteiger partial charge in [-0.25, -0.2) is 9.48 Å². The number of rotatable bonds is 4. The summed E-state index contributed by atoms with van der Waals surface area (Å²) in [4.78, 5) is 11.0. The molecule has 1 aromatic heterocycles. The third-order valence-electron chi connectivity index (χ3n) is 4.37. The molecule has 126 valence electrons. The summed E-state index contributed by atoms with van der Waals surface area (Å²) in [7, 11) is 1.65. The lowest BCUT2D eigenvalue weighted by molar-refractivity contribution is 0.0697. The first-order valence-electron chi connectivity index (χ1n) is 8.02. The summed E-state index contributed by atoms with van der Waals surface area (Å²) in [5, 5.41) is 17.2. The minimum Gasteiger partial charge on any atom is -0.496 e. The Kier molecular flexibility index (Phi) is 3.65. The van der Waals surface area contributed by atoms with Gasteiger partial charge in [0, 0.05) is 17.7 Å². The monoisotopic (exact) mass is 335 g/mol. The summed E-state index contributed by atoms with van der Waals surface area (Å²) in [6.45, 7) is 0.850. The Bertz CT molecular complexity index is 945. The first-order valence-corrected chi connectivity index (χ1v) is 8.02. The standard InChI is InChI=1S/C19H17N3O3/c1-25-16-5-3-2-4-14(16)17-15-10-11-20-18(15)22(21-17)13-8-6-12(7-9-13)19(23)24/h2-9,20H,10-11H2,1H3,(H,23,24). The van der Waals surface area contributed by atoms with Crippen LogP contribution in [-0.2, 0) is 6.42 Å². The van der Waals surface area contributed by atoms with Crippen molar-refractivity contribution in [1.82, 2.24) is 9.78 Å². The van der Waals surface area contributed by atoms with E-state index in [9.17, 15) is 4.79 Å². The lowest BCUT2D eigenvalue weighted by Crippen LogP contribution is -2.05. The van der Waals surface area contributed by atoms with Crippen molar-refractivity contribution in [3.05, 3.63) is 59.7 Å². The highest BCUT2D eigenvalue weighted by atomic mass is 16.5. The number of hydrogen-bond donors (Lipinski definition) is 2. The molecule has 2 N–H and O–H groups in total. The maximum atomic E-state index is 11.0.